The third-order valence-corrected chi connectivity index (χ3v) is 6.95. The van der Waals surface area contributed by atoms with Gasteiger partial charge in [0.05, 0.1) is 17.9 Å². The quantitative estimate of drug-likeness (QED) is 0.527. The van der Waals surface area contributed by atoms with E-state index in [1.165, 1.54) is 0 Å². The van der Waals surface area contributed by atoms with Crippen LogP contribution in [0.5, 0.6) is 0 Å². The number of carbonyl (C=O) groups excluding carboxylic acids is 1. The van der Waals surface area contributed by atoms with Crippen molar-refractivity contribution in [2.45, 2.75) is 51.5 Å². The minimum absolute atomic E-state index is 0.0264. The Hall–Kier alpha value is -2.04. The molecule has 0 spiro atoms. The lowest BCUT2D eigenvalue weighted by atomic mass is 9.60. The van der Waals surface area contributed by atoms with Crippen LogP contribution in [0.15, 0.2) is 48.5 Å². The smallest absolute Gasteiger partial charge is 0.304 e. The van der Waals surface area contributed by atoms with E-state index in [2.05, 4.69) is 5.32 Å². The molecule has 0 aliphatic carbocycles. The normalized spacial score (nSPS) is 24.0. The number of amides is 1. The van der Waals surface area contributed by atoms with Gasteiger partial charge in [-0.25, -0.2) is 0 Å². The number of nitrogens with one attached hydrogen (secondary N) is 1. The number of benzene rings is 2. The van der Waals surface area contributed by atoms with E-state index >= 15 is 0 Å². The van der Waals surface area contributed by atoms with Gasteiger partial charge in [0.2, 0.25) is 5.91 Å². The van der Waals surface area contributed by atoms with Gasteiger partial charge in [-0.3, -0.25) is 9.59 Å². The highest BCUT2D eigenvalue weighted by molar-refractivity contribution is 6.30. The summed E-state index contributed by atoms with van der Waals surface area (Å²) in [7, 11) is 0. The van der Waals surface area contributed by atoms with Crippen LogP contribution in [0.3, 0.4) is 0 Å². The minimum atomic E-state index is -0.967. The van der Waals surface area contributed by atoms with Crippen LogP contribution < -0.4 is 5.32 Å². The van der Waals surface area contributed by atoms with Gasteiger partial charge in [0.15, 0.2) is 0 Å². The molecule has 1 amide bonds. The average Bonchev–Trinajstić information content (AvgIpc) is 2.71. The first kappa shape index (κ1) is 22.6. The number of rotatable bonds is 7. The number of carboxylic acids is 1. The number of hydrogen-bond donors (Lipinski definition) is 2. The molecule has 1 saturated heterocycles. The van der Waals surface area contributed by atoms with E-state index in [4.69, 9.17) is 23.2 Å². The van der Waals surface area contributed by atoms with Crippen molar-refractivity contribution in [2.24, 2.45) is 11.3 Å². The summed E-state index contributed by atoms with van der Waals surface area (Å²) in [6.07, 6.45) is 1.75. The lowest BCUT2D eigenvalue weighted by Gasteiger charge is -2.47. The Balaban J connectivity index is 2.12. The summed E-state index contributed by atoms with van der Waals surface area (Å²) in [4.78, 5) is 25.3. The molecule has 160 valence electrons. The predicted octanol–water partition coefficient (Wildman–Crippen LogP) is 6.24. The van der Waals surface area contributed by atoms with E-state index in [1.807, 2.05) is 50.2 Å². The molecule has 1 heterocycles. The lowest BCUT2D eigenvalue weighted by Crippen LogP contribution is -2.54. The first-order valence-corrected chi connectivity index (χ1v) is 11.1. The summed E-state index contributed by atoms with van der Waals surface area (Å²) in [5.41, 5.74) is 0.958. The SMILES string of the molecule is CCC(CC)[C@@]1(CC(=O)O)C[C@H](c2cccc(Cl)c2)[C@@H](c2ccc(Cl)cc2)NC1=O. The van der Waals surface area contributed by atoms with Crippen LogP contribution in [-0.4, -0.2) is 17.0 Å². The van der Waals surface area contributed by atoms with E-state index < -0.39 is 11.4 Å². The largest absolute Gasteiger partial charge is 0.481 e. The van der Waals surface area contributed by atoms with E-state index in [0.29, 0.717) is 16.5 Å². The van der Waals surface area contributed by atoms with Crippen LogP contribution in [0.2, 0.25) is 10.0 Å². The molecule has 1 aliphatic rings. The Bertz CT molecular complexity index is 911. The molecular weight excluding hydrogens is 421 g/mol. The van der Waals surface area contributed by atoms with E-state index in [-0.39, 0.29) is 30.2 Å². The molecule has 2 N–H and O–H groups in total. The standard InChI is InChI=1S/C24H27Cl2NO3/c1-3-17(4-2)24(14-21(28)29)13-20(16-6-5-7-19(26)12-16)22(27-23(24)30)15-8-10-18(25)11-9-15/h5-12,17,20,22H,3-4,13-14H2,1-2H3,(H,27,30)(H,28,29)/t20-,22-,24+/m1/s1. The summed E-state index contributed by atoms with van der Waals surface area (Å²) in [5, 5.41) is 14.1. The summed E-state index contributed by atoms with van der Waals surface area (Å²) >= 11 is 12.3. The fourth-order valence-corrected chi connectivity index (χ4v) is 5.34. The molecule has 3 atom stereocenters. The van der Waals surface area contributed by atoms with E-state index in [1.54, 1.807) is 12.1 Å². The molecule has 6 heteroatoms. The number of carbonyl (C=O) groups is 2. The zero-order valence-corrected chi connectivity index (χ0v) is 18.7. The van der Waals surface area contributed by atoms with Crippen molar-refractivity contribution in [3.05, 3.63) is 69.7 Å². The van der Waals surface area contributed by atoms with Crippen LogP contribution in [0.25, 0.3) is 0 Å². The summed E-state index contributed by atoms with van der Waals surface area (Å²) in [6, 6.07) is 14.7. The molecule has 1 fully saturated rings. The molecule has 0 saturated carbocycles. The first-order chi connectivity index (χ1) is 14.3. The first-order valence-electron chi connectivity index (χ1n) is 10.3. The molecule has 2 aromatic carbocycles. The van der Waals surface area contributed by atoms with Crippen molar-refractivity contribution in [3.8, 4) is 0 Å². The molecule has 4 nitrogen and oxygen atoms in total. The van der Waals surface area contributed by atoms with Gasteiger partial charge in [0, 0.05) is 16.0 Å². The van der Waals surface area contributed by atoms with Gasteiger partial charge in [0.1, 0.15) is 0 Å². The monoisotopic (exact) mass is 447 g/mol. The fraction of sp³-hybridized carbons (Fsp3) is 0.417. The maximum Gasteiger partial charge on any atom is 0.304 e. The van der Waals surface area contributed by atoms with Gasteiger partial charge in [-0.1, -0.05) is 74.2 Å². The summed E-state index contributed by atoms with van der Waals surface area (Å²) in [6.45, 7) is 4.04. The Kier molecular flexibility index (Phi) is 7.10. The molecule has 1 aliphatic heterocycles. The van der Waals surface area contributed by atoms with Gasteiger partial charge >= 0.3 is 5.97 Å². The van der Waals surface area contributed by atoms with Gasteiger partial charge in [-0.15, -0.1) is 0 Å². The van der Waals surface area contributed by atoms with Crippen molar-refractivity contribution in [1.82, 2.24) is 5.32 Å². The van der Waals surface area contributed by atoms with Crippen molar-refractivity contribution in [1.29, 1.82) is 0 Å². The molecule has 0 unspecified atom stereocenters. The highest BCUT2D eigenvalue weighted by atomic mass is 35.5. The van der Waals surface area contributed by atoms with Crippen molar-refractivity contribution in [2.75, 3.05) is 0 Å². The van der Waals surface area contributed by atoms with Gasteiger partial charge in [-0.2, -0.15) is 0 Å². The summed E-state index contributed by atoms with van der Waals surface area (Å²) in [5.74, 6) is -1.27. The highest BCUT2D eigenvalue weighted by Crippen LogP contribution is 2.51. The molecule has 30 heavy (non-hydrogen) atoms. The zero-order chi connectivity index (χ0) is 21.9. The Morgan fingerprint density at radius 3 is 2.33 bits per heavy atom. The van der Waals surface area contributed by atoms with Crippen LogP contribution in [0.4, 0.5) is 0 Å². The van der Waals surface area contributed by atoms with Crippen LogP contribution in [0.1, 0.15) is 62.6 Å². The second-order valence-corrected chi connectivity index (χ2v) is 8.98. The number of aliphatic carboxylic acids is 1. The van der Waals surface area contributed by atoms with E-state index in [9.17, 15) is 14.7 Å². The maximum absolute atomic E-state index is 13.5. The predicted molar refractivity (Wildman–Crippen MR) is 120 cm³/mol. The van der Waals surface area contributed by atoms with E-state index in [0.717, 1.165) is 24.0 Å². The Morgan fingerprint density at radius 2 is 1.77 bits per heavy atom. The van der Waals surface area contributed by atoms with Gasteiger partial charge < -0.3 is 10.4 Å². The third kappa shape index (κ3) is 4.50. The molecule has 0 bridgehead atoms. The minimum Gasteiger partial charge on any atom is -0.481 e. The summed E-state index contributed by atoms with van der Waals surface area (Å²) < 4.78 is 0. The molecular formula is C24H27Cl2NO3. The highest BCUT2D eigenvalue weighted by Gasteiger charge is 2.52. The van der Waals surface area contributed by atoms with Crippen LogP contribution >= 0.6 is 23.2 Å². The third-order valence-electron chi connectivity index (χ3n) is 6.47. The zero-order valence-electron chi connectivity index (χ0n) is 17.2. The number of carboxylic acid groups (broad SMARTS) is 1. The van der Waals surface area contributed by atoms with Crippen LogP contribution in [0, 0.1) is 11.3 Å². The van der Waals surface area contributed by atoms with Crippen molar-refractivity contribution < 1.29 is 14.7 Å². The fourth-order valence-electron chi connectivity index (χ4n) is 5.01. The van der Waals surface area contributed by atoms with Gasteiger partial charge in [-0.05, 0) is 47.7 Å². The number of piperidine rings is 1. The van der Waals surface area contributed by atoms with Crippen molar-refractivity contribution in [3.63, 3.8) is 0 Å². The second kappa shape index (κ2) is 9.40. The topological polar surface area (TPSA) is 66.4 Å². The maximum atomic E-state index is 13.5. The number of hydrogen-bond acceptors (Lipinski definition) is 2. The molecule has 0 aromatic heterocycles. The Morgan fingerprint density at radius 1 is 1.10 bits per heavy atom. The van der Waals surface area contributed by atoms with Gasteiger partial charge in [0.25, 0.3) is 0 Å². The van der Waals surface area contributed by atoms with Crippen LogP contribution in [-0.2, 0) is 9.59 Å². The Labute approximate surface area is 187 Å². The molecule has 0 radical (unpaired) electrons. The lowest BCUT2D eigenvalue weighted by molar-refractivity contribution is -0.152. The molecule has 2 aromatic rings. The molecule has 3 rings (SSSR count). The second-order valence-electron chi connectivity index (χ2n) is 8.11. The average molecular weight is 448 g/mol. The van der Waals surface area contributed by atoms with Crippen molar-refractivity contribution >= 4 is 35.1 Å². The number of halogens is 2.